The largest absolute Gasteiger partial charge is 0.246 e. The van der Waals surface area contributed by atoms with Crippen LogP contribution in [0.5, 0.6) is 0 Å². The number of hydrogen-bond acceptors (Lipinski definition) is 5. The summed E-state index contributed by atoms with van der Waals surface area (Å²) < 4.78 is 1.37. The summed E-state index contributed by atoms with van der Waals surface area (Å²) in [7, 11) is 0. The van der Waals surface area contributed by atoms with Gasteiger partial charge in [0.15, 0.2) is 0 Å². The van der Waals surface area contributed by atoms with Crippen molar-refractivity contribution in [1.29, 1.82) is 0 Å². The molecule has 0 atom stereocenters. The predicted octanol–water partition coefficient (Wildman–Crippen LogP) is 5.53. The number of rotatable bonds is 3. The summed E-state index contributed by atoms with van der Waals surface area (Å²) in [5.41, 5.74) is 2.87. The van der Waals surface area contributed by atoms with Gasteiger partial charge in [-0.05, 0) is 13.0 Å². The highest BCUT2D eigenvalue weighted by atomic mass is 35.5. The van der Waals surface area contributed by atoms with Crippen molar-refractivity contribution in [2.45, 2.75) is 13.3 Å². The molecule has 3 heterocycles. The maximum absolute atomic E-state index is 6.14. The molecule has 7 heteroatoms. The zero-order valence-corrected chi connectivity index (χ0v) is 13.8. The average molecular weight is 347 g/mol. The zero-order valence-electron chi connectivity index (χ0n) is 9.81. The lowest BCUT2D eigenvalue weighted by atomic mass is 10.3. The van der Waals surface area contributed by atoms with E-state index in [1.165, 1.54) is 11.3 Å². The molecule has 0 fully saturated rings. The van der Waals surface area contributed by atoms with Crippen molar-refractivity contribution in [2.75, 3.05) is 0 Å². The topological polar surface area (TPSA) is 25.8 Å². The molecule has 0 saturated heterocycles. The predicted molar refractivity (Wildman–Crippen MR) is 85.1 cm³/mol. The van der Waals surface area contributed by atoms with E-state index in [2.05, 4.69) is 15.3 Å². The van der Waals surface area contributed by atoms with E-state index in [1.54, 1.807) is 22.7 Å². The van der Waals surface area contributed by atoms with Crippen molar-refractivity contribution in [2.24, 2.45) is 0 Å². The lowest BCUT2D eigenvalue weighted by Gasteiger charge is -1.92. The van der Waals surface area contributed by atoms with Gasteiger partial charge in [-0.3, -0.25) is 0 Å². The second-order valence-corrected chi connectivity index (χ2v) is 8.19. The lowest BCUT2D eigenvalue weighted by Crippen LogP contribution is -1.87. The third-order valence-electron chi connectivity index (χ3n) is 2.48. The van der Waals surface area contributed by atoms with Crippen LogP contribution in [0.4, 0.5) is 0 Å². The Kier molecular flexibility index (Phi) is 3.91. The number of nitrogens with zero attached hydrogens (tertiary/aromatic N) is 2. The van der Waals surface area contributed by atoms with E-state index >= 15 is 0 Å². The molecule has 2 nitrogen and oxygen atoms in total. The average Bonchev–Trinajstić information content (AvgIpc) is 3.02. The number of aromatic nitrogens is 2. The van der Waals surface area contributed by atoms with Crippen molar-refractivity contribution in [3.63, 3.8) is 0 Å². The molecule has 0 aliphatic rings. The third kappa shape index (κ3) is 3.01. The van der Waals surface area contributed by atoms with Gasteiger partial charge in [-0.2, -0.15) is 0 Å². The van der Waals surface area contributed by atoms with E-state index in [9.17, 15) is 0 Å². The summed E-state index contributed by atoms with van der Waals surface area (Å²) in [6, 6.07) is 1.86. The molecule has 0 aliphatic heterocycles. The molecule has 0 saturated carbocycles. The summed E-state index contributed by atoms with van der Waals surface area (Å²) in [6.45, 7) is 2.01. The van der Waals surface area contributed by atoms with Crippen LogP contribution in [0, 0.1) is 6.92 Å². The van der Waals surface area contributed by atoms with Gasteiger partial charge in [0, 0.05) is 22.7 Å². The van der Waals surface area contributed by atoms with E-state index in [0.29, 0.717) is 8.67 Å². The second kappa shape index (κ2) is 5.50. The molecule has 98 valence electrons. The maximum atomic E-state index is 6.14. The first kappa shape index (κ1) is 13.5. The van der Waals surface area contributed by atoms with Crippen LogP contribution in [0.25, 0.3) is 11.3 Å². The van der Waals surface area contributed by atoms with Crippen molar-refractivity contribution in [3.8, 4) is 11.3 Å². The molecular weight excluding hydrogens is 339 g/mol. The van der Waals surface area contributed by atoms with E-state index in [0.717, 1.165) is 33.4 Å². The second-order valence-electron chi connectivity index (χ2n) is 3.90. The minimum absolute atomic E-state index is 0.685. The van der Waals surface area contributed by atoms with Crippen molar-refractivity contribution >= 4 is 57.2 Å². The normalized spacial score (nSPS) is 11.1. The highest BCUT2D eigenvalue weighted by Crippen LogP contribution is 2.38. The monoisotopic (exact) mass is 346 g/mol. The Morgan fingerprint density at radius 2 is 2.00 bits per heavy atom. The molecule has 0 unspecified atom stereocenters. The van der Waals surface area contributed by atoms with Gasteiger partial charge in [0.1, 0.15) is 4.34 Å². The molecule has 0 amide bonds. The summed E-state index contributed by atoms with van der Waals surface area (Å²) >= 11 is 16.7. The van der Waals surface area contributed by atoms with Crippen LogP contribution < -0.4 is 0 Å². The zero-order chi connectivity index (χ0) is 13.4. The standard InChI is InChI=1S/C12H8Cl2N2S3/c1-6-15-7(4-17-6)2-11-16-9(5-18-11)8-3-10(13)19-12(8)14/h3-5H,2H2,1H3. The van der Waals surface area contributed by atoms with Crippen LogP contribution in [0.15, 0.2) is 16.8 Å². The van der Waals surface area contributed by atoms with Crippen LogP contribution in [0.1, 0.15) is 15.7 Å². The van der Waals surface area contributed by atoms with Crippen LogP contribution in [0.3, 0.4) is 0 Å². The Bertz CT molecular complexity index is 714. The van der Waals surface area contributed by atoms with Crippen LogP contribution in [0.2, 0.25) is 8.67 Å². The van der Waals surface area contributed by atoms with E-state index in [-0.39, 0.29) is 0 Å². The molecule has 0 spiro atoms. The molecule has 3 rings (SSSR count). The van der Waals surface area contributed by atoms with Crippen LogP contribution in [-0.4, -0.2) is 9.97 Å². The molecular formula is C12H8Cl2N2S3. The van der Waals surface area contributed by atoms with Gasteiger partial charge < -0.3 is 0 Å². The molecule has 0 aromatic carbocycles. The smallest absolute Gasteiger partial charge is 0.104 e. The molecule has 19 heavy (non-hydrogen) atoms. The van der Waals surface area contributed by atoms with E-state index in [4.69, 9.17) is 23.2 Å². The molecule has 0 bridgehead atoms. The third-order valence-corrected chi connectivity index (χ3v) is 5.64. The first-order valence-electron chi connectivity index (χ1n) is 5.42. The fourth-order valence-electron chi connectivity index (χ4n) is 1.68. The Morgan fingerprint density at radius 3 is 2.63 bits per heavy atom. The number of halogens is 2. The molecule has 0 aliphatic carbocycles. The van der Waals surface area contributed by atoms with Crippen LogP contribution in [-0.2, 0) is 6.42 Å². The highest BCUT2D eigenvalue weighted by Gasteiger charge is 2.12. The summed E-state index contributed by atoms with van der Waals surface area (Å²) in [5.74, 6) is 0. The minimum Gasteiger partial charge on any atom is -0.246 e. The fourth-order valence-corrected chi connectivity index (χ4v) is 4.58. The van der Waals surface area contributed by atoms with Gasteiger partial charge in [0.25, 0.3) is 0 Å². The quantitative estimate of drug-likeness (QED) is 0.622. The Hall–Kier alpha value is -0.460. The van der Waals surface area contributed by atoms with Gasteiger partial charge in [0.05, 0.1) is 25.7 Å². The Labute approximate surface area is 132 Å². The van der Waals surface area contributed by atoms with E-state index in [1.807, 2.05) is 18.4 Å². The molecule has 3 aromatic rings. The number of thiazole rings is 2. The maximum Gasteiger partial charge on any atom is 0.104 e. The molecule has 0 N–H and O–H groups in total. The fraction of sp³-hybridized carbons (Fsp3) is 0.167. The number of hydrogen-bond donors (Lipinski definition) is 0. The minimum atomic E-state index is 0.685. The van der Waals surface area contributed by atoms with Gasteiger partial charge in [-0.25, -0.2) is 9.97 Å². The van der Waals surface area contributed by atoms with Crippen LogP contribution >= 0.6 is 57.2 Å². The SMILES string of the molecule is Cc1nc(Cc2nc(-c3cc(Cl)sc3Cl)cs2)cs1. The summed E-state index contributed by atoms with van der Waals surface area (Å²) in [5, 5.41) is 6.21. The Morgan fingerprint density at radius 1 is 1.16 bits per heavy atom. The first-order valence-corrected chi connectivity index (χ1v) is 8.75. The molecule has 0 radical (unpaired) electrons. The number of thiophene rings is 1. The summed E-state index contributed by atoms with van der Waals surface area (Å²) in [4.78, 5) is 9.06. The molecule has 3 aromatic heterocycles. The number of aryl methyl sites for hydroxylation is 1. The van der Waals surface area contributed by atoms with Crippen molar-refractivity contribution < 1.29 is 0 Å². The van der Waals surface area contributed by atoms with Crippen molar-refractivity contribution in [3.05, 3.63) is 41.2 Å². The van der Waals surface area contributed by atoms with Gasteiger partial charge in [-0.1, -0.05) is 23.2 Å². The van der Waals surface area contributed by atoms with Crippen molar-refractivity contribution in [1.82, 2.24) is 9.97 Å². The Balaban J connectivity index is 1.85. The van der Waals surface area contributed by atoms with Gasteiger partial charge in [-0.15, -0.1) is 34.0 Å². The highest BCUT2D eigenvalue weighted by molar-refractivity contribution is 7.20. The summed E-state index contributed by atoms with van der Waals surface area (Å²) in [6.07, 6.45) is 0.768. The van der Waals surface area contributed by atoms with Gasteiger partial charge in [0.2, 0.25) is 0 Å². The lowest BCUT2D eigenvalue weighted by molar-refractivity contribution is 1.06. The van der Waals surface area contributed by atoms with E-state index < -0.39 is 0 Å². The first-order chi connectivity index (χ1) is 9.11. The van der Waals surface area contributed by atoms with Gasteiger partial charge >= 0.3 is 0 Å².